The highest BCUT2D eigenvalue weighted by Gasteiger charge is 2.59. The van der Waals surface area contributed by atoms with Crippen LogP contribution in [0.3, 0.4) is 0 Å². The van der Waals surface area contributed by atoms with Crippen LogP contribution in [-0.4, -0.2) is 4.98 Å². The molecule has 3 aliphatic rings. The van der Waals surface area contributed by atoms with Crippen molar-refractivity contribution < 1.29 is 0 Å². The normalized spacial score (nSPS) is 14.0. The summed E-state index contributed by atoms with van der Waals surface area (Å²) in [4.78, 5) is 5.35. The minimum atomic E-state index is -0.604. The summed E-state index contributed by atoms with van der Waals surface area (Å²) >= 11 is 1.95. The molecule has 0 unspecified atom stereocenters. The highest BCUT2D eigenvalue weighted by Crippen LogP contribution is 2.68. The van der Waals surface area contributed by atoms with Crippen LogP contribution in [0, 0.1) is 0 Å². The molecule has 0 aliphatic heterocycles. The predicted octanol–water partition coefficient (Wildman–Crippen LogP) is 17.2. The van der Waals surface area contributed by atoms with Crippen molar-refractivity contribution in [2.24, 2.45) is 0 Å². The lowest BCUT2D eigenvalue weighted by atomic mass is 9.52. The van der Waals surface area contributed by atoms with Crippen molar-refractivity contribution in [3.8, 4) is 67.0 Å². The molecule has 15 rings (SSSR count). The summed E-state index contributed by atoms with van der Waals surface area (Å²) in [5.41, 5.74) is 23.7. The maximum atomic E-state index is 5.35. The molecule has 12 aromatic rings. The first-order valence-electron chi connectivity index (χ1n) is 23.9. The Labute approximate surface area is 405 Å². The second-order valence-electron chi connectivity index (χ2n) is 18.8. The minimum absolute atomic E-state index is 0.497. The van der Waals surface area contributed by atoms with Gasteiger partial charge in [0.2, 0.25) is 0 Å². The molecular formula is C67H41NS. The molecule has 0 bridgehead atoms. The first kappa shape index (κ1) is 38.7. The highest BCUT2D eigenvalue weighted by atomic mass is 32.1. The van der Waals surface area contributed by atoms with Crippen LogP contribution in [0.5, 0.6) is 0 Å². The Kier molecular flexibility index (Phi) is 8.14. The fourth-order valence-electron chi connectivity index (χ4n) is 12.8. The summed E-state index contributed by atoms with van der Waals surface area (Å²) < 4.78 is 2.67. The third-order valence-corrected chi connectivity index (χ3v) is 16.8. The Hall–Kier alpha value is -8.43. The lowest BCUT2D eigenvalue weighted by molar-refractivity contribution is 0.636. The molecule has 320 valence electrons. The third-order valence-electron chi connectivity index (χ3n) is 15.6. The van der Waals surface area contributed by atoms with Crippen molar-refractivity contribution in [2.45, 2.75) is 10.8 Å². The molecule has 0 radical (unpaired) electrons. The van der Waals surface area contributed by atoms with Gasteiger partial charge < -0.3 is 0 Å². The first-order chi connectivity index (χ1) is 34.2. The molecule has 2 aromatic heterocycles. The van der Waals surface area contributed by atoms with Gasteiger partial charge in [-0.2, -0.15) is 0 Å². The highest BCUT2D eigenvalue weighted by molar-refractivity contribution is 7.26. The number of pyridine rings is 1. The van der Waals surface area contributed by atoms with E-state index in [2.05, 4.69) is 249 Å². The van der Waals surface area contributed by atoms with Gasteiger partial charge in [-0.15, -0.1) is 11.3 Å². The predicted molar refractivity (Wildman–Crippen MR) is 287 cm³/mol. The van der Waals surface area contributed by atoms with E-state index in [-0.39, 0.29) is 0 Å². The SMILES string of the molecule is c1ccc(-c2ccc(-c3cc(-c4ccc5c(c4)-c4ccc6c(sc7ccccc76)c4C54c5ccccc5C5(c6ccccc6-c6ccccc65)c5ccccc54)cc(-c4ccccc4)n3)cc2)cc1. The molecule has 0 amide bonds. The minimum Gasteiger partial charge on any atom is -0.248 e. The molecule has 2 spiro atoms. The fourth-order valence-corrected chi connectivity index (χ4v) is 14.1. The lowest BCUT2D eigenvalue weighted by Crippen LogP contribution is -2.43. The Balaban J connectivity index is 1.01. The van der Waals surface area contributed by atoms with Crippen LogP contribution in [0.15, 0.2) is 249 Å². The van der Waals surface area contributed by atoms with Crippen molar-refractivity contribution in [1.82, 2.24) is 4.98 Å². The molecule has 0 atom stereocenters. The quantitative estimate of drug-likeness (QED) is 0.172. The number of thiophene rings is 1. The van der Waals surface area contributed by atoms with Gasteiger partial charge in [-0.3, -0.25) is 0 Å². The third kappa shape index (κ3) is 5.22. The molecule has 3 aliphatic carbocycles. The number of aromatic nitrogens is 1. The van der Waals surface area contributed by atoms with Gasteiger partial charge in [-0.25, -0.2) is 4.98 Å². The summed E-state index contributed by atoms with van der Waals surface area (Å²) in [6.07, 6.45) is 0. The molecule has 69 heavy (non-hydrogen) atoms. The maximum Gasteiger partial charge on any atom is 0.0734 e. The fraction of sp³-hybridized carbons (Fsp3) is 0.0299. The zero-order valence-corrected chi connectivity index (χ0v) is 38.3. The van der Waals surface area contributed by atoms with E-state index < -0.39 is 10.8 Å². The topological polar surface area (TPSA) is 12.9 Å². The number of hydrogen-bond donors (Lipinski definition) is 0. The Morgan fingerprint density at radius 1 is 0.275 bits per heavy atom. The summed E-state index contributed by atoms with van der Waals surface area (Å²) in [7, 11) is 0. The molecule has 0 saturated carbocycles. The second-order valence-corrected chi connectivity index (χ2v) is 19.9. The van der Waals surface area contributed by atoms with Gasteiger partial charge in [-0.1, -0.05) is 224 Å². The molecule has 2 heterocycles. The summed E-state index contributed by atoms with van der Waals surface area (Å²) in [6, 6.07) is 93.0. The summed E-state index contributed by atoms with van der Waals surface area (Å²) in [5.74, 6) is 0. The molecule has 2 heteroatoms. The zero-order valence-electron chi connectivity index (χ0n) is 37.5. The average molecular weight is 892 g/mol. The van der Waals surface area contributed by atoms with Crippen molar-refractivity contribution in [3.05, 3.63) is 293 Å². The summed E-state index contributed by atoms with van der Waals surface area (Å²) in [6.45, 7) is 0. The Morgan fingerprint density at radius 2 is 0.739 bits per heavy atom. The van der Waals surface area contributed by atoms with Crippen molar-refractivity contribution in [2.75, 3.05) is 0 Å². The van der Waals surface area contributed by atoms with Crippen LogP contribution in [0.25, 0.3) is 87.2 Å². The number of rotatable bonds is 4. The van der Waals surface area contributed by atoms with Crippen LogP contribution in [0.4, 0.5) is 0 Å². The summed E-state index contributed by atoms with van der Waals surface area (Å²) in [5, 5.41) is 2.63. The van der Waals surface area contributed by atoms with Gasteiger partial charge in [0.25, 0.3) is 0 Å². The molecule has 10 aromatic carbocycles. The molecular weight excluding hydrogens is 851 g/mol. The van der Waals surface area contributed by atoms with E-state index in [4.69, 9.17) is 4.98 Å². The number of nitrogens with zero attached hydrogens (tertiary/aromatic N) is 1. The van der Waals surface area contributed by atoms with Gasteiger partial charge >= 0.3 is 0 Å². The number of fused-ring (bicyclic) bond motifs is 20. The monoisotopic (exact) mass is 891 g/mol. The van der Waals surface area contributed by atoms with E-state index in [9.17, 15) is 0 Å². The standard InChI is InChI=1S/C67H41NS/c1-3-17-42(18-4-1)43-31-33-45(34-32-43)62-41-47(40-61(68-62)44-19-5-2-6-20-44)46-35-38-56-53(39-46)51-36-37-52-50-23-9-16-30-63(50)69-65(52)64(51)67(56)59-28-14-12-26-57(59)66(58-27-13-15-29-60(58)67)54-24-10-7-21-48(54)49-22-8-11-25-55(49)66/h1-41H. The van der Waals surface area contributed by atoms with Gasteiger partial charge in [-0.05, 0) is 113 Å². The van der Waals surface area contributed by atoms with Crippen LogP contribution < -0.4 is 0 Å². The van der Waals surface area contributed by atoms with Crippen molar-refractivity contribution in [1.29, 1.82) is 0 Å². The van der Waals surface area contributed by atoms with Gasteiger partial charge in [0, 0.05) is 31.3 Å². The molecule has 1 nitrogen and oxygen atoms in total. The maximum absolute atomic E-state index is 5.35. The van der Waals surface area contributed by atoms with Crippen molar-refractivity contribution in [3.63, 3.8) is 0 Å². The van der Waals surface area contributed by atoms with E-state index in [0.29, 0.717) is 0 Å². The molecule has 0 saturated heterocycles. The average Bonchev–Trinajstić information content (AvgIpc) is 4.06. The second kappa shape index (κ2) is 14.5. The molecule has 0 N–H and O–H groups in total. The van der Waals surface area contributed by atoms with Crippen LogP contribution in [0.1, 0.15) is 44.5 Å². The van der Waals surface area contributed by atoms with Gasteiger partial charge in [0.05, 0.1) is 22.2 Å². The number of hydrogen-bond acceptors (Lipinski definition) is 2. The smallest absolute Gasteiger partial charge is 0.0734 e. The van der Waals surface area contributed by atoms with E-state index in [0.717, 1.165) is 28.1 Å². The van der Waals surface area contributed by atoms with Crippen LogP contribution in [-0.2, 0) is 10.8 Å². The zero-order chi connectivity index (χ0) is 45.3. The van der Waals surface area contributed by atoms with E-state index in [1.165, 1.54) is 104 Å². The number of benzene rings is 10. The van der Waals surface area contributed by atoms with Crippen LogP contribution in [0.2, 0.25) is 0 Å². The van der Waals surface area contributed by atoms with E-state index >= 15 is 0 Å². The Bertz CT molecular complexity index is 3970. The van der Waals surface area contributed by atoms with E-state index in [1.54, 1.807) is 0 Å². The largest absolute Gasteiger partial charge is 0.248 e. The van der Waals surface area contributed by atoms with Crippen molar-refractivity contribution >= 4 is 31.5 Å². The van der Waals surface area contributed by atoms with Gasteiger partial charge in [0.1, 0.15) is 0 Å². The Morgan fingerprint density at radius 3 is 1.38 bits per heavy atom. The van der Waals surface area contributed by atoms with Crippen LogP contribution >= 0.6 is 11.3 Å². The van der Waals surface area contributed by atoms with Gasteiger partial charge in [0.15, 0.2) is 0 Å². The van der Waals surface area contributed by atoms with E-state index in [1.807, 2.05) is 11.3 Å². The first-order valence-corrected chi connectivity index (χ1v) is 24.8. The lowest BCUT2D eigenvalue weighted by Gasteiger charge is -2.49. The molecule has 0 fully saturated rings.